The summed E-state index contributed by atoms with van der Waals surface area (Å²) in [5.74, 6) is -1.49. The van der Waals surface area contributed by atoms with Gasteiger partial charge in [-0.2, -0.15) is 5.10 Å². The van der Waals surface area contributed by atoms with Crippen molar-refractivity contribution in [2.24, 2.45) is 0 Å². The molecular weight excluding hydrogens is 375 g/mol. The predicted octanol–water partition coefficient (Wildman–Crippen LogP) is 4.34. The smallest absolute Gasteiger partial charge is 0.337 e. The quantitative estimate of drug-likeness (QED) is 0.732. The van der Waals surface area contributed by atoms with E-state index in [9.17, 15) is 14.3 Å². The van der Waals surface area contributed by atoms with Crippen molar-refractivity contribution in [1.82, 2.24) is 9.78 Å². The lowest BCUT2D eigenvalue weighted by Gasteiger charge is -2.08. The summed E-state index contributed by atoms with van der Waals surface area (Å²) >= 11 is 9.11. The Morgan fingerprint density at radius 1 is 1.36 bits per heavy atom. The van der Waals surface area contributed by atoms with Crippen molar-refractivity contribution in [1.29, 1.82) is 0 Å². The number of benzene rings is 2. The second kappa shape index (κ2) is 5.70. The van der Waals surface area contributed by atoms with Gasteiger partial charge in [0.05, 0.1) is 23.8 Å². The van der Waals surface area contributed by atoms with Crippen molar-refractivity contribution in [3.05, 3.63) is 63.0 Å². The van der Waals surface area contributed by atoms with Crippen LogP contribution in [0.3, 0.4) is 0 Å². The van der Waals surface area contributed by atoms with E-state index in [2.05, 4.69) is 21.0 Å². The number of aromatic carboxylic acids is 1. The van der Waals surface area contributed by atoms with Gasteiger partial charge in [-0.05, 0) is 24.3 Å². The molecule has 0 unspecified atom stereocenters. The third kappa shape index (κ3) is 2.71. The Labute approximate surface area is 138 Å². The zero-order valence-corrected chi connectivity index (χ0v) is 13.4. The first-order chi connectivity index (χ1) is 10.5. The minimum Gasteiger partial charge on any atom is -0.478 e. The number of carbonyl (C=O) groups is 1. The van der Waals surface area contributed by atoms with Crippen LogP contribution in [0, 0.1) is 5.82 Å². The molecule has 0 saturated heterocycles. The van der Waals surface area contributed by atoms with Crippen molar-refractivity contribution in [3.63, 3.8) is 0 Å². The molecule has 0 radical (unpaired) electrons. The maximum absolute atomic E-state index is 14.0. The largest absolute Gasteiger partial charge is 0.478 e. The molecule has 112 valence electrons. The van der Waals surface area contributed by atoms with Crippen LogP contribution in [0.25, 0.3) is 10.9 Å². The first-order valence-electron chi connectivity index (χ1n) is 6.28. The maximum atomic E-state index is 14.0. The number of fused-ring (bicyclic) bond motifs is 1. The lowest BCUT2D eigenvalue weighted by atomic mass is 10.1. The van der Waals surface area contributed by atoms with E-state index in [1.54, 1.807) is 18.2 Å². The van der Waals surface area contributed by atoms with Gasteiger partial charge in [-0.15, -0.1) is 0 Å². The number of rotatable bonds is 3. The number of carboxylic acids is 1. The van der Waals surface area contributed by atoms with Gasteiger partial charge in [-0.3, -0.25) is 4.68 Å². The van der Waals surface area contributed by atoms with Gasteiger partial charge in [0.15, 0.2) is 0 Å². The van der Waals surface area contributed by atoms with E-state index in [4.69, 9.17) is 11.6 Å². The van der Waals surface area contributed by atoms with Crippen LogP contribution in [-0.4, -0.2) is 20.9 Å². The molecule has 3 rings (SSSR count). The van der Waals surface area contributed by atoms with E-state index in [-0.39, 0.29) is 17.9 Å². The summed E-state index contributed by atoms with van der Waals surface area (Å²) in [6.07, 6.45) is 1.52. The topological polar surface area (TPSA) is 55.1 Å². The van der Waals surface area contributed by atoms with Crippen molar-refractivity contribution < 1.29 is 14.3 Å². The number of hydrogen-bond acceptors (Lipinski definition) is 2. The molecule has 0 spiro atoms. The Kier molecular flexibility index (Phi) is 3.88. The molecule has 4 nitrogen and oxygen atoms in total. The lowest BCUT2D eigenvalue weighted by Crippen LogP contribution is -2.07. The summed E-state index contributed by atoms with van der Waals surface area (Å²) in [6.45, 7) is 0.129. The van der Waals surface area contributed by atoms with Crippen LogP contribution in [0.15, 0.2) is 41.0 Å². The summed E-state index contributed by atoms with van der Waals surface area (Å²) in [7, 11) is 0. The Hall–Kier alpha value is -1.92. The van der Waals surface area contributed by atoms with Gasteiger partial charge in [-0.1, -0.05) is 33.6 Å². The fourth-order valence-electron chi connectivity index (χ4n) is 2.29. The minimum absolute atomic E-state index is 0.0394. The molecule has 1 N–H and O–H groups in total. The molecule has 0 aliphatic carbocycles. The first-order valence-corrected chi connectivity index (χ1v) is 7.45. The fourth-order valence-corrected chi connectivity index (χ4v) is 2.85. The van der Waals surface area contributed by atoms with Crippen LogP contribution in [0.2, 0.25) is 5.02 Å². The Morgan fingerprint density at radius 2 is 2.14 bits per heavy atom. The average molecular weight is 384 g/mol. The molecule has 1 aromatic heterocycles. The molecular formula is C15H9BrClFN2O2. The summed E-state index contributed by atoms with van der Waals surface area (Å²) in [4.78, 5) is 11.4. The Bertz CT molecular complexity index is 895. The van der Waals surface area contributed by atoms with Crippen molar-refractivity contribution >= 4 is 44.4 Å². The standard InChI is InChI=1S/C15H9BrClFN2O2/c16-10-2-1-8(13(18)4-10)7-20-14-9(6-19-20)3-11(17)5-12(14)15(21)22/h1-6H,7H2,(H,21,22). The van der Waals surface area contributed by atoms with Crippen LogP contribution >= 0.6 is 27.5 Å². The monoisotopic (exact) mass is 382 g/mol. The highest BCUT2D eigenvalue weighted by Gasteiger charge is 2.16. The first kappa shape index (κ1) is 15.0. The third-order valence-corrected chi connectivity index (χ3v) is 3.98. The molecule has 0 aliphatic heterocycles. The number of carboxylic acid groups (broad SMARTS) is 1. The Balaban J connectivity index is 2.13. The molecule has 1 heterocycles. The molecule has 7 heteroatoms. The van der Waals surface area contributed by atoms with Gasteiger partial charge >= 0.3 is 5.97 Å². The van der Waals surface area contributed by atoms with Crippen molar-refractivity contribution in [3.8, 4) is 0 Å². The average Bonchev–Trinajstić information content (AvgIpc) is 2.83. The molecule has 0 saturated carbocycles. The van der Waals surface area contributed by atoms with E-state index >= 15 is 0 Å². The predicted molar refractivity (Wildman–Crippen MR) is 84.9 cm³/mol. The normalized spacial score (nSPS) is 11.0. The zero-order valence-electron chi connectivity index (χ0n) is 11.1. The van der Waals surface area contributed by atoms with E-state index in [0.29, 0.717) is 26.0 Å². The van der Waals surface area contributed by atoms with Crippen molar-refractivity contribution in [2.75, 3.05) is 0 Å². The van der Waals surface area contributed by atoms with Crippen molar-refractivity contribution in [2.45, 2.75) is 6.54 Å². The molecule has 22 heavy (non-hydrogen) atoms. The summed E-state index contributed by atoms with van der Waals surface area (Å²) in [6, 6.07) is 7.70. The van der Waals surface area contributed by atoms with Crippen LogP contribution in [0.1, 0.15) is 15.9 Å². The maximum Gasteiger partial charge on any atom is 0.337 e. The second-order valence-corrected chi connectivity index (χ2v) is 6.09. The van der Waals surface area contributed by atoms with E-state index < -0.39 is 5.97 Å². The molecule has 0 fully saturated rings. The summed E-state index contributed by atoms with van der Waals surface area (Å²) in [5.41, 5.74) is 0.872. The molecule has 0 bridgehead atoms. The lowest BCUT2D eigenvalue weighted by molar-refractivity contribution is 0.0698. The van der Waals surface area contributed by atoms with Gasteiger partial charge in [0.2, 0.25) is 0 Å². The van der Waals surface area contributed by atoms with Crippen LogP contribution in [0.5, 0.6) is 0 Å². The third-order valence-electron chi connectivity index (χ3n) is 3.26. The van der Waals surface area contributed by atoms with Crippen LogP contribution < -0.4 is 0 Å². The number of hydrogen-bond donors (Lipinski definition) is 1. The summed E-state index contributed by atoms with van der Waals surface area (Å²) in [5, 5.41) is 14.4. The number of halogens is 3. The summed E-state index contributed by atoms with van der Waals surface area (Å²) < 4.78 is 16.1. The molecule has 0 aliphatic rings. The minimum atomic E-state index is -1.11. The van der Waals surface area contributed by atoms with Gasteiger partial charge < -0.3 is 5.11 Å². The van der Waals surface area contributed by atoms with Crippen LogP contribution in [-0.2, 0) is 6.54 Å². The SMILES string of the molecule is O=C(O)c1cc(Cl)cc2cnn(Cc3ccc(Br)cc3F)c12. The molecule has 0 amide bonds. The number of aromatic nitrogens is 2. The highest BCUT2D eigenvalue weighted by molar-refractivity contribution is 9.10. The zero-order chi connectivity index (χ0) is 15.9. The van der Waals surface area contributed by atoms with Gasteiger partial charge in [-0.25, -0.2) is 9.18 Å². The molecule has 0 atom stereocenters. The Morgan fingerprint density at radius 3 is 2.82 bits per heavy atom. The van der Waals surface area contributed by atoms with Gasteiger partial charge in [0.25, 0.3) is 0 Å². The van der Waals surface area contributed by atoms with Gasteiger partial charge in [0.1, 0.15) is 5.82 Å². The van der Waals surface area contributed by atoms with Gasteiger partial charge in [0, 0.05) is 20.4 Å². The highest BCUT2D eigenvalue weighted by Crippen LogP contribution is 2.25. The number of nitrogens with zero attached hydrogens (tertiary/aromatic N) is 2. The highest BCUT2D eigenvalue weighted by atomic mass is 79.9. The van der Waals surface area contributed by atoms with E-state index in [1.165, 1.54) is 23.0 Å². The second-order valence-electron chi connectivity index (χ2n) is 4.73. The van der Waals surface area contributed by atoms with Crippen LogP contribution in [0.4, 0.5) is 4.39 Å². The van der Waals surface area contributed by atoms with E-state index in [0.717, 1.165) is 0 Å². The fraction of sp³-hybridized carbons (Fsp3) is 0.0667. The molecule has 2 aromatic carbocycles. The van der Waals surface area contributed by atoms with E-state index in [1.807, 2.05) is 0 Å². The molecule has 3 aromatic rings.